The largest absolute Gasteiger partial charge is 0.394 e. The summed E-state index contributed by atoms with van der Waals surface area (Å²) in [7, 11) is 0. The number of rotatable bonds is 37. The molecule has 9 nitrogen and oxygen atoms in total. The van der Waals surface area contributed by atoms with Crippen LogP contribution in [0, 0.1) is 0 Å². The van der Waals surface area contributed by atoms with Crippen molar-refractivity contribution < 1.29 is 39.8 Å². The summed E-state index contributed by atoms with van der Waals surface area (Å²) >= 11 is 0. The van der Waals surface area contributed by atoms with Crippen molar-refractivity contribution in [3.63, 3.8) is 0 Å². The second-order valence-corrected chi connectivity index (χ2v) is 15.8. The van der Waals surface area contributed by atoms with Gasteiger partial charge in [-0.05, 0) is 64.2 Å². The summed E-state index contributed by atoms with van der Waals surface area (Å²) in [5.74, 6) is -0.198. The third kappa shape index (κ3) is 27.7. The monoisotopic (exact) mass is 792 g/mol. The van der Waals surface area contributed by atoms with E-state index in [1.54, 1.807) is 6.08 Å². The quantitative estimate of drug-likeness (QED) is 0.0269. The van der Waals surface area contributed by atoms with Gasteiger partial charge in [0.05, 0.1) is 25.4 Å². The Labute approximate surface area is 342 Å². The van der Waals surface area contributed by atoms with Crippen molar-refractivity contribution in [1.82, 2.24) is 5.32 Å². The van der Waals surface area contributed by atoms with Crippen molar-refractivity contribution in [2.45, 2.75) is 230 Å². The first kappa shape index (κ1) is 52.2. The normalized spacial score (nSPS) is 21.6. The number of aliphatic hydroxyl groups excluding tert-OH is 5. The predicted octanol–water partition coefficient (Wildman–Crippen LogP) is 9.45. The Balaban J connectivity index is 2.31. The summed E-state index contributed by atoms with van der Waals surface area (Å²) in [4.78, 5) is 12.9. The number of hydrogen-bond donors (Lipinski definition) is 6. The van der Waals surface area contributed by atoms with Gasteiger partial charge in [-0.25, -0.2) is 0 Å². The topological polar surface area (TPSA) is 149 Å². The number of unbranched alkanes of at least 4 members (excludes halogenated alkanes) is 21. The number of aliphatic hydroxyl groups is 5. The minimum absolute atomic E-state index is 0.198. The van der Waals surface area contributed by atoms with Crippen molar-refractivity contribution >= 4 is 5.91 Å². The van der Waals surface area contributed by atoms with Crippen LogP contribution in [-0.2, 0) is 14.3 Å². The van der Waals surface area contributed by atoms with Gasteiger partial charge in [0.25, 0.3) is 0 Å². The summed E-state index contributed by atoms with van der Waals surface area (Å²) in [6, 6.07) is -0.828. The van der Waals surface area contributed by atoms with Crippen molar-refractivity contribution in [1.29, 1.82) is 0 Å². The Morgan fingerprint density at radius 2 is 1.05 bits per heavy atom. The Morgan fingerprint density at radius 3 is 1.57 bits per heavy atom. The van der Waals surface area contributed by atoms with E-state index in [2.05, 4.69) is 55.6 Å². The van der Waals surface area contributed by atoms with Gasteiger partial charge in [-0.3, -0.25) is 4.79 Å². The van der Waals surface area contributed by atoms with Crippen molar-refractivity contribution in [3.8, 4) is 0 Å². The molecule has 1 heterocycles. The zero-order valence-corrected chi connectivity index (χ0v) is 35.6. The third-order valence-corrected chi connectivity index (χ3v) is 10.6. The van der Waals surface area contributed by atoms with Crippen LogP contribution in [0.3, 0.4) is 0 Å². The summed E-state index contributed by atoms with van der Waals surface area (Å²) in [6.45, 7) is 3.66. The Morgan fingerprint density at radius 1 is 0.589 bits per heavy atom. The highest BCUT2D eigenvalue weighted by atomic mass is 16.7. The zero-order valence-electron chi connectivity index (χ0n) is 35.6. The highest BCUT2D eigenvalue weighted by Crippen LogP contribution is 2.22. The Kier molecular flexibility index (Phi) is 34.9. The average molecular weight is 792 g/mol. The number of hydrogen-bond acceptors (Lipinski definition) is 8. The van der Waals surface area contributed by atoms with Crippen LogP contribution in [0.5, 0.6) is 0 Å². The van der Waals surface area contributed by atoms with E-state index in [0.717, 1.165) is 70.6 Å². The standard InChI is InChI=1S/C47H85NO8/c1-3-5-7-9-11-13-15-16-17-18-19-20-21-22-23-24-25-27-29-31-33-35-37-43(51)48-40(39-55-47-46(54)45(53)44(52)42(38-49)56-47)41(50)36-34-32-30-28-26-14-12-10-8-6-4-2/h8,10,21-22,26,28,34,36,40-42,44-47,49-50,52-54H,3-7,9,11-20,23-25,27,29-33,35,37-39H2,1-2H3,(H,48,51)/b10-8+,22-21-,28-26+,36-34+. The fourth-order valence-electron chi connectivity index (χ4n) is 6.89. The lowest BCUT2D eigenvalue weighted by Crippen LogP contribution is -2.60. The van der Waals surface area contributed by atoms with Crippen LogP contribution < -0.4 is 5.32 Å². The second kappa shape index (κ2) is 37.4. The first-order chi connectivity index (χ1) is 27.3. The minimum atomic E-state index is -1.57. The zero-order chi connectivity index (χ0) is 40.9. The lowest BCUT2D eigenvalue weighted by molar-refractivity contribution is -0.302. The van der Waals surface area contributed by atoms with E-state index in [9.17, 15) is 30.3 Å². The van der Waals surface area contributed by atoms with Crippen LogP contribution in [0.25, 0.3) is 0 Å². The van der Waals surface area contributed by atoms with E-state index in [4.69, 9.17) is 9.47 Å². The SMILES string of the molecule is CCC/C=C/CC/C=C/CC/C=C/C(O)C(COC1OC(CO)C(O)C(O)C1O)NC(=O)CCCCCCCCC/C=C\CCCCCCCCCCCCC. The molecule has 0 radical (unpaired) electrons. The minimum Gasteiger partial charge on any atom is -0.394 e. The van der Waals surface area contributed by atoms with Gasteiger partial charge in [0.2, 0.25) is 5.91 Å². The van der Waals surface area contributed by atoms with Crippen molar-refractivity contribution in [3.05, 3.63) is 48.6 Å². The highest BCUT2D eigenvalue weighted by molar-refractivity contribution is 5.76. The molecule has 0 saturated carbocycles. The summed E-state index contributed by atoms with van der Waals surface area (Å²) in [5, 5.41) is 54.0. The number of allylic oxidation sites excluding steroid dienone is 7. The molecule has 7 unspecified atom stereocenters. The van der Waals surface area contributed by atoms with Gasteiger partial charge in [0, 0.05) is 6.42 Å². The summed E-state index contributed by atoms with van der Waals surface area (Å²) in [5.41, 5.74) is 0. The smallest absolute Gasteiger partial charge is 0.220 e. The summed E-state index contributed by atoms with van der Waals surface area (Å²) in [6.07, 6.45) is 40.3. The molecule has 1 aliphatic heterocycles. The molecule has 56 heavy (non-hydrogen) atoms. The molecule has 0 spiro atoms. The molecule has 6 N–H and O–H groups in total. The van der Waals surface area contributed by atoms with Crippen LogP contribution in [0.4, 0.5) is 0 Å². The van der Waals surface area contributed by atoms with Crippen molar-refractivity contribution in [2.75, 3.05) is 13.2 Å². The highest BCUT2D eigenvalue weighted by Gasteiger charge is 2.44. The average Bonchev–Trinajstić information content (AvgIpc) is 3.20. The Hall–Kier alpha value is -1.85. The van der Waals surface area contributed by atoms with E-state index in [-0.39, 0.29) is 12.5 Å². The van der Waals surface area contributed by atoms with E-state index in [1.165, 1.54) is 96.3 Å². The number of carbonyl (C=O) groups excluding carboxylic acids is 1. The van der Waals surface area contributed by atoms with Crippen LogP contribution in [0.1, 0.15) is 187 Å². The van der Waals surface area contributed by atoms with Gasteiger partial charge < -0.3 is 40.3 Å². The van der Waals surface area contributed by atoms with Crippen LogP contribution in [-0.4, -0.2) is 87.5 Å². The number of carbonyl (C=O) groups is 1. The molecule has 7 atom stereocenters. The fourth-order valence-corrected chi connectivity index (χ4v) is 6.89. The number of amides is 1. The maximum Gasteiger partial charge on any atom is 0.220 e. The first-order valence-corrected chi connectivity index (χ1v) is 22.9. The van der Waals surface area contributed by atoms with Gasteiger partial charge in [-0.1, -0.05) is 165 Å². The Bertz CT molecular complexity index is 1010. The molecular weight excluding hydrogens is 707 g/mol. The molecule has 1 aliphatic rings. The van der Waals surface area contributed by atoms with Gasteiger partial charge >= 0.3 is 0 Å². The van der Waals surface area contributed by atoms with Crippen LogP contribution >= 0.6 is 0 Å². The van der Waals surface area contributed by atoms with Gasteiger partial charge in [-0.15, -0.1) is 0 Å². The molecule has 1 amide bonds. The molecule has 0 aromatic carbocycles. The van der Waals surface area contributed by atoms with Gasteiger partial charge in [-0.2, -0.15) is 0 Å². The lowest BCUT2D eigenvalue weighted by atomic mass is 9.99. The molecule has 0 bridgehead atoms. The molecular formula is C47H85NO8. The molecule has 1 fully saturated rings. The van der Waals surface area contributed by atoms with E-state index < -0.39 is 49.5 Å². The fraction of sp³-hybridized carbons (Fsp3) is 0.809. The molecule has 0 aromatic rings. The molecule has 0 aromatic heterocycles. The van der Waals surface area contributed by atoms with Crippen LogP contribution in [0.15, 0.2) is 48.6 Å². The predicted molar refractivity (Wildman–Crippen MR) is 230 cm³/mol. The summed E-state index contributed by atoms with van der Waals surface area (Å²) < 4.78 is 11.2. The molecule has 1 saturated heterocycles. The molecule has 326 valence electrons. The molecule has 9 heteroatoms. The third-order valence-electron chi connectivity index (χ3n) is 10.6. The number of ether oxygens (including phenoxy) is 2. The molecule has 1 rings (SSSR count). The van der Waals surface area contributed by atoms with E-state index >= 15 is 0 Å². The van der Waals surface area contributed by atoms with Crippen LogP contribution in [0.2, 0.25) is 0 Å². The van der Waals surface area contributed by atoms with E-state index in [1.807, 2.05) is 6.08 Å². The first-order valence-electron chi connectivity index (χ1n) is 22.9. The lowest BCUT2D eigenvalue weighted by Gasteiger charge is -2.40. The van der Waals surface area contributed by atoms with E-state index in [0.29, 0.717) is 6.42 Å². The maximum absolute atomic E-state index is 12.9. The second-order valence-electron chi connectivity index (χ2n) is 15.8. The molecule has 0 aliphatic carbocycles. The van der Waals surface area contributed by atoms with Gasteiger partial charge in [0.15, 0.2) is 6.29 Å². The number of nitrogens with one attached hydrogen (secondary N) is 1. The van der Waals surface area contributed by atoms with Crippen molar-refractivity contribution in [2.24, 2.45) is 0 Å². The van der Waals surface area contributed by atoms with Gasteiger partial charge in [0.1, 0.15) is 24.4 Å². The maximum atomic E-state index is 12.9.